The van der Waals surface area contributed by atoms with E-state index in [-0.39, 0.29) is 17.5 Å². The highest BCUT2D eigenvalue weighted by Gasteiger charge is 2.34. The third kappa shape index (κ3) is 4.28. The second-order valence-corrected chi connectivity index (χ2v) is 8.02. The van der Waals surface area contributed by atoms with Gasteiger partial charge < -0.3 is 14.4 Å². The highest BCUT2D eigenvalue weighted by Crippen LogP contribution is 2.25. The molecule has 1 aromatic heterocycles. The van der Waals surface area contributed by atoms with Crippen LogP contribution >= 0.6 is 0 Å². The van der Waals surface area contributed by atoms with E-state index in [1.54, 1.807) is 11.0 Å². The van der Waals surface area contributed by atoms with Gasteiger partial charge in [-0.15, -0.1) is 0 Å². The fourth-order valence-corrected chi connectivity index (χ4v) is 4.74. The van der Waals surface area contributed by atoms with Crippen LogP contribution in [0.4, 0.5) is 4.79 Å². The van der Waals surface area contributed by atoms with Gasteiger partial charge in [0.15, 0.2) is 0 Å². The summed E-state index contributed by atoms with van der Waals surface area (Å²) >= 11 is 0. The van der Waals surface area contributed by atoms with E-state index < -0.39 is 16.1 Å². The zero-order chi connectivity index (χ0) is 17.7. The summed E-state index contributed by atoms with van der Waals surface area (Å²) in [5, 5.41) is 0. The lowest BCUT2D eigenvalue weighted by Crippen LogP contribution is -2.48. The Bertz CT molecular complexity index is 676. The summed E-state index contributed by atoms with van der Waals surface area (Å²) < 4.78 is 37.8. The van der Waals surface area contributed by atoms with Gasteiger partial charge in [0.1, 0.15) is 11.5 Å². The van der Waals surface area contributed by atoms with Crippen molar-refractivity contribution in [1.82, 2.24) is 14.2 Å². The van der Waals surface area contributed by atoms with E-state index in [2.05, 4.69) is 4.98 Å². The molecule has 1 amide bonds. The molecule has 3 heterocycles. The van der Waals surface area contributed by atoms with Gasteiger partial charge in [-0.2, -0.15) is 4.31 Å². The molecule has 3 rings (SSSR count). The van der Waals surface area contributed by atoms with Gasteiger partial charge >= 0.3 is 6.09 Å². The maximum absolute atomic E-state index is 12.9. The van der Waals surface area contributed by atoms with Crippen LogP contribution in [0.25, 0.3) is 0 Å². The maximum Gasteiger partial charge on any atom is 0.409 e. The Labute approximate surface area is 147 Å². The molecule has 9 heteroatoms. The Morgan fingerprint density at radius 3 is 2.80 bits per heavy atom. The third-order valence-corrected chi connectivity index (χ3v) is 6.42. The number of morpholine rings is 1. The Kier molecular flexibility index (Phi) is 5.87. The van der Waals surface area contributed by atoms with Crippen molar-refractivity contribution >= 4 is 16.1 Å². The van der Waals surface area contributed by atoms with Gasteiger partial charge in [0.25, 0.3) is 0 Å². The minimum atomic E-state index is -3.64. The molecule has 1 atom stereocenters. The number of rotatable bonds is 4. The lowest BCUT2D eigenvalue weighted by molar-refractivity contribution is 0.0200. The van der Waals surface area contributed by atoms with Gasteiger partial charge in [0.2, 0.25) is 10.0 Å². The first-order valence-corrected chi connectivity index (χ1v) is 9.94. The highest BCUT2D eigenvalue weighted by atomic mass is 32.2. The minimum absolute atomic E-state index is 0.0652. The molecule has 0 aliphatic carbocycles. The van der Waals surface area contributed by atoms with Crippen molar-refractivity contribution in [2.75, 3.05) is 39.5 Å². The van der Waals surface area contributed by atoms with Crippen molar-refractivity contribution in [2.24, 2.45) is 0 Å². The second-order valence-electron chi connectivity index (χ2n) is 6.13. The summed E-state index contributed by atoms with van der Waals surface area (Å²) in [6.45, 7) is 2.50. The molecule has 2 saturated heterocycles. The van der Waals surface area contributed by atoms with Gasteiger partial charge in [-0.1, -0.05) is 6.42 Å². The first kappa shape index (κ1) is 18.1. The molecule has 0 spiro atoms. The monoisotopic (exact) mass is 369 g/mol. The molecule has 2 aliphatic heterocycles. The van der Waals surface area contributed by atoms with Crippen LogP contribution < -0.4 is 0 Å². The van der Waals surface area contributed by atoms with Crippen molar-refractivity contribution in [3.8, 4) is 0 Å². The Hall–Kier alpha value is -1.71. The summed E-state index contributed by atoms with van der Waals surface area (Å²) in [4.78, 5) is 17.8. The second kappa shape index (κ2) is 8.11. The van der Waals surface area contributed by atoms with Crippen LogP contribution in [0.3, 0.4) is 0 Å². The Morgan fingerprint density at radius 1 is 1.28 bits per heavy atom. The number of aromatic nitrogens is 1. The number of carbonyl (C=O) groups is 1. The number of hydrogen-bond acceptors (Lipinski definition) is 6. The van der Waals surface area contributed by atoms with E-state index in [1.807, 2.05) is 0 Å². The van der Waals surface area contributed by atoms with Crippen molar-refractivity contribution < 1.29 is 22.7 Å². The minimum Gasteiger partial charge on any atom is -0.448 e. The molecule has 0 radical (unpaired) electrons. The molecule has 138 valence electrons. The van der Waals surface area contributed by atoms with E-state index >= 15 is 0 Å². The van der Waals surface area contributed by atoms with Crippen LogP contribution in [-0.2, 0) is 19.5 Å². The number of nitrogens with zero attached hydrogens (tertiary/aromatic N) is 3. The summed E-state index contributed by atoms with van der Waals surface area (Å²) in [6, 6.07) is 2.79. The van der Waals surface area contributed by atoms with Gasteiger partial charge in [-0.25, -0.2) is 13.2 Å². The van der Waals surface area contributed by atoms with Gasteiger partial charge in [-0.3, -0.25) is 4.98 Å². The molecule has 2 aliphatic rings. The SMILES string of the molecule is O=C(OC[C@H]1CCCCN1S(=O)(=O)c1cccnc1)N1CCOCC1. The molecule has 0 unspecified atom stereocenters. The number of pyridine rings is 1. The largest absolute Gasteiger partial charge is 0.448 e. The van der Waals surface area contributed by atoms with E-state index in [4.69, 9.17) is 9.47 Å². The fraction of sp³-hybridized carbons (Fsp3) is 0.625. The molecule has 0 N–H and O–H groups in total. The zero-order valence-electron chi connectivity index (χ0n) is 14.0. The number of ether oxygens (including phenoxy) is 2. The maximum atomic E-state index is 12.9. The van der Waals surface area contributed by atoms with Crippen LogP contribution in [0.5, 0.6) is 0 Å². The molecule has 2 fully saturated rings. The van der Waals surface area contributed by atoms with Gasteiger partial charge in [0.05, 0.1) is 19.3 Å². The average molecular weight is 369 g/mol. The van der Waals surface area contributed by atoms with Crippen molar-refractivity contribution in [1.29, 1.82) is 0 Å². The number of hydrogen-bond donors (Lipinski definition) is 0. The van der Waals surface area contributed by atoms with Crippen LogP contribution in [0.1, 0.15) is 19.3 Å². The van der Waals surface area contributed by atoms with E-state index in [9.17, 15) is 13.2 Å². The molecule has 0 saturated carbocycles. The van der Waals surface area contributed by atoms with Crippen molar-refractivity contribution in [3.63, 3.8) is 0 Å². The lowest BCUT2D eigenvalue weighted by Gasteiger charge is -2.35. The number of sulfonamides is 1. The number of piperidine rings is 1. The molecule has 25 heavy (non-hydrogen) atoms. The van der Waals surface area contributed by atoms with Crippen LogP contribution in [0, 0.1) is 0 Å². The normalized spacial score (nSPS) is 22.6. The third-order valence-electron chi connectivity index (χ3n) is 4.48. The topological polar surface area (TPSA) is 89.0 Å². The Balaban J connectivity index is 1.66. The summed E-state index contributed by atoms with van der Waals surface area (Å²) in [5.74, 6) is 0. The van der Waals surface area contributed by atoms with E-state index in [0.29, 0.717) is 39.3 Å². The predicted molar refractivity (Wildman–Crippen MR) is 89.5 cm³/mol. The number of amides is 1. The quantitative estimate of drug-likeness (QED) is 0.789. The average Bonchev–Trinajstić information content (AvgIpc) is 2.67. The first-order valence-electron chi connectivity index (χ1n) is 8.50. The molecule has 8 nitrogen and oxygen atoms in total. The summed E-state index contributed by atoms with van der Waals surface area (Å²) in [5.41, 5.74) is 0. The van der Waals surface area contributed by atoms with Crippen LogP contribution in [0.2, 0.25) is 0 Å². The molecular weight excluding hydrogens is 346 g/mol. The standard InChI is InChI=1S/C16H23N3O5S/c20-16(18-8-10-23-11-9-18)24-13-14-4-1-2-7-19(14)25(21,22)15-5-3-6-17-12-15/h3,5-6,12,14H,1-2,4,7-11,13H2/t14-/m1/s1. The fourth-order valence-electron chi connectivity index (χ4n) is 3.10. The van der Waals surface area contributed by atoms with E-state index in [1.165, 1.54) is 22.8 Å². The molecular formula is C16H23N3O5S. The molecule has 1 aromatic rings. The predicted octanol–water partition coefficient (Wildman–Crippen LogP) is 1.09. The zero-order valence-corrected chi connectivity index (χ0v) is 14.9. The summed E-state index contributed by atoms with van der Waals surface area (Å²) in [7, 11) is -3.64. The Morgan fingerprint density at radius 2 is 2.08 bits per heavy atom. The first-order chi connectivity index (χ1) is 12.1. The van der Waals surface area contributed by atoms with Crippen LogP contribution in [0.15, 0.2) is 29.4 Å². The number of carbonyl (C=O) groups excluding carboxylic acids is 1. The highest BCUT2D eigenvalue weighted by molar-refractivity contribution is 7.89. The molecule has 0 aromatic carbocycles. The summed E-state index contributed by atoms with van der Waals surface area (Å²) in [6.07, 6.45) is 4.87. The lowest BCUT2D eigenvalue weighted by atomic mass is 10.1. The molecule has 0 bridgehead atoms. The smallest absolute Gasteiger partial charge is 0.409 e. The van der Waals surface area contributed by atoms with Crippen molar-refractivity contribution in [3.05, 3.63) is 24.5 Å². The van der Waals surface area contributed by atoms with Gasteiger partial charge in [-0.05, 0) is 25.0 Å². The van der Waals surface area contributed by atoms with Crippen LogP contribution in [-0.4, -0.2) is 74.2 Å². The van der Waals surface area contributed by atoms with E-state index in [0.717, 1.165) is 12.8 Å². The van der Waals surface area contributed by atoms with Gasteiger partial charge in [0, 0.05) is 32.0 Å². The van der Waals surface area contributed by atoms with Crippen molar-refractivity contribution in [2.45, 2.75) is 30.2 Å².